The Balaban J connectivity index is 2.70. The standard InChI is InChI=1S/C11H20N2O6S/c1-8-6-13(7-9(8)11(15)16)20(17,18)12(2)5-4-10(14)19-3/h8-9H,4-7H2,1-3H3,(H,15,16)/t8-,9-/m1/s1. The maximum Gasteiger partial charge on any atom is 0.308 e. The number of ether oxygens (including phenoxy) is 1. The van der Waals surface area contributed by atoms with Gasteiger partial charge in [-0.05, 0) is 5.92 Å². The maximum atomic E-state index is 12.3. The molecule has 0 radical (unpaired) electrons. The summed E-state index contributed by atoms with van der Waals surface area (Å²) >= 11 is 0. The van der Waals surface area contributed by atoms with E-state index < -0.39 is 28.1 Å². The normalized spacial score (nSPS) is 24.0. The van der Waals surface area contributed by atoms with Crippen LogP contribution in [0, 0.1) is 11.8 Å². The summed E-state index contributed by atoms with van der Waals surface area (Å²) in [4.78, 5) is 22.0. The molecule has 0 bridgehead atoms. The first-order chi connectivity index (χ1) is 9.20. The minimum Gasteiger partial charge on any atom is -0.481 e. The molecule has 1 aliphatic heterocycles. The highest BCUT2D eigenvalue weighted by Crippen LogP contribution is 2.26. The zero-order valence-electron chi connectivity index (χ0n) is 11.8. The van der Waals surface area contributed by atoms with Gasteiger partial charge in [0, 0.05) is 26.7 Å². The minimum atomic E-state index is -3.75. The number of rotatable bonds is 6. The Hall–Kier alpha value is -1.19. The first kappa shape index (κ1) is 16.9. The molecule has 0 saturated carbocycles. The number of hydrogen-bond donors (Lipinski definition) is 1. The molecule has 0 aromatic carbocycles. The van der Waals surface area contributed by atoms with Gasteiger partial charge in [0.2, 0.25) is 0 Å². The molecule has 1 aliphatic rings. The van der Waals surface area contributed by atoms with E-state index in [0.717, 1.165) is 8.61 Å². The second-order valence-electron chi connectivity index (χ2n) is 4.89. The number of aliphatic carboxylic acids is 1. The topological polar surface area (TPSA) is 104 Å². The van der Waals surface area contributed by atoms with Crippen LogP contribution in [-0.2, 0) is 24.5 Å². The van der Waals surface area contributed by atoms with Gasteiger partial charge in [0.05, 0.1) is 19.4 Å². The van der Waals surface area contributed by atoms with Gasteiger partial charge >= 0.3 is 11.9 Å². The third-order valence-corrected chi connectivity index (χ3v) is 5.40. The van der Waals surface area contributed by atoms with E-state index in [1.54, 1.807) is 6.92 Å². The van der Waals surface area contributed by atoms with Gasteiger partial charge in [0.25, 0.3) is 10.2 Å². The smallest absolute Gasteiger partial charge is 0.308 e. The Morgan fingerprint density at radius 1 is 1.40 bits per heavy atom. The van der Waals surface area contributed by atoms with Crippen LogP contribution >= 0.6 is 0 Å². The minimum absolute atomic E-state index is 0.00236. The molecule has 0 aliphatic carbocycles. The zero-order valence-corrected chi connectivity index (χ0v) is 12.6. The van der Waals surface area contributed by atoms with E-state index in [4.69, 9.17) is 5.11 Å². The third kappa shape index (κ3) is 3.68. The van der Waals surface area contributed by atoms with Gasteiger partial charge in [-0.1, -0.05) is 6.92 Å². The lowest BCUT2D eigenvalue weighted by Gasteiger charge is -2.23. The van der Waals surface area contributed by atoms with E-state index in [1.165, 1.54) is 14.2 Å². The molecule has 0 spiro atoms. The van der Waals surface area contributed by atoms with Crippen LogP contribution in [0.5, 0.6) is 0 Å². The van der Waals surface area contributed by atoms with Crippen molar-refractivity contribution in [2.24, 2.45) is 11.8 Å². The molecule has 1 saturated heterocycles. The molecule has 9 heteroatoms. The zero-order chi connectivity index (χ0) is 15.5. The van der Waals surface area contributed by atoms with Crippen molar-refractivity contribution in [2.75, 3.05) is 33.8 Å². The molecule has 20 heavy (non-hydrogen) atoms. The van der Waals surface area contributed by atoms with Gasteiger partial charge in [0.15, 0.2) is 0 Å². The van der Waals surface area contributed by atoms with Crippen LogP contribution in [0.25, 0.3) is 0 Å². The number of esters is 1. The quantitative estimate of drug-likeness (QED) is 0.656. The second kappa shape index (κ2) is 6.51. The van der Waals surface area contributed by atoms with Crippen molar-refractivity contribution in [1.82, 2.24) is 8.61 Å². The predicted molar refractivity (Wildman–Crippen MR) is 70.0 cm³/mol. The largest absolute Gasteiger partial charge is 0.481 e. The lowest BCUT2D eigenvalue weighted by atomic mass is 9.99. The summed E-state index contributed by atoms with van der Waals surface area (Å²) in [5.74, 6) is -2.42. The molecule has 0 unspecified atom stereocenters. The lowest BCUT2D eigenvalue weighted by molar-refractivity contribution is -0.142. The second-order valence-corrected chi connectivity index (χ2v) is 6.93. The fraction of sp³-hybridized carbons (Fsp3) is 0.818. The monoisotopic (exact) mass is 308 g/mol. The molecule has 1 rings (SSSR count). The third-order valence-electron chi connectivity index (χ3n) is 3.47. The van der Waals surface area contributed by atoms with E-state index in [1.807, 2.05) is 0 Å². The lowest BCUT2D eigenvalue weighted by Crippen LogP contribution is -2.42. The van der Waals surface area contributed by atoms with Gasteiger partial charge < -0.3 is 9.84 Å². The molecular formula is C11H20N2O6S. The molecule has 8 nitrogen and oxygen atoms in total. The molecule has 116 valence electrons. The Kier molecular flexibility index (Phi) is 5.49. The fourth-order valence-electron chi connectivity index (χ4n) is 2.10. The molecule has 1 fully saturated rings. The number of hydrogen-bond acceptors (Lipinski definition) is 5. The van der Waals surface area contributed by atoms with Gasteiger partial charge in [-0.25, -0.2) is 0 Å². The highest BCUT2D eigenvalue weighted by molar-refractivity contribution is 7.86. The summed E-state index contributed by atoms with van der Waals surface area (Å²) in [5.41, 5.74) is 0. The van der Waals surface area contributed by atoms with Crippen LogP contribution in [0.4, 0.5) is 0 Å². The fourth-order valence-corrected chi connectivity index (χ4v) is 3.58. The van der Waals surface area contributed by atoms with E-state index in [-0.39, 0.29) is 32.0 Å². The summed E-state index contributed by atoms with van der Waals surface area (Å²) in [6, 6.07) is 0. The molecule has 2 atom stereocenters. The predicted octanol–water partition coefficient (Wildman–Crippen LogP) is -0.621. The van der Waals surface area contributed by atoms with Crippen LogP contribution < -0.4 is 0 Å². The first-order valence-electron chi connectivity index (χ1n) is 6.21. The Bertz CT molecular complexity index is 477. The van der Waals surface area contributed by atoms with Gasteiger partial charge in [0.1, 0.15) is 0 Å². The molecule has 0 aromatic heterocycles. The van der Waals surface area contributed by atoms with Crippen molar-refractivity contribution in [3.05, 3.63) is 0 Å². The summed E-state index contributed by atoms with van der Waals surface area (Å²) in [6.07, 6.45) is -0.0437. The average molecular weight is 308 g/mol. The number of carbonyl (C=O) groups is 2. The Morgan fingerprint density at radius 3 is 2.45 bits per heavy atom. The SMILES string of the molecule is COC(=O)CCN(C)S(=O)(=O)N1C[C@@H](C)[C@H](C(=O)O)C1. The van der Waals surface area contributed by atoms with Crippen LogP contribution in [0.1, 0.15) is 13.3 Å². The summed E-state index contributed by atoms with van der Waals surface area (Å²) in [5, 5.41) is 9.02. The summed E-state index contributed by atoms with van der Waals surface area (Å²) in [7, 11) is -1.16. The highest BCUT2D eigenvalue weighted by Gasteiger charge is 2.41. The first-order valence-corrected chi connectivity index (χ1v) is 7.60. The van der Waals surface area contributed by atoms with Crippen molar-refractivity contribution in [2.45, 2.75) is 13.3 Å². The van der Waals surface area contributed by atoms with Crippen molar-refractivity contribution >= 4 is 22.1 Å². The van der Waals surface area contributed by atoms with Crippen LogP contribution in [-0.4, -0.2) is 67.9 Å². The van der Waals surface area contributed by atoms with Crippen LogP contribution in [0.15, 0.2) is 0 Å². The van der Waals surface area contributed by atoms with Crippen molar-refractivity contribution in [3.8, 4) is 0 Å². The van der Waals surface area contributed by atoms with E-state index in [0.29, 0.717) is 0 Å². The van der Waals surface area contributed by atoms with Gasteiger partial charge in [-0.3, -0.25) is 9.59 Å². The van der Waals surface area contributed by atoms with Gasteiger partial charge in [-0.15, -0.1) is 0 Å². The van der Waals surface area contributed by atoms with Crippen LogP contribution in [0.2, 0.25) is 0 Å². The van der Waals surface area contributed by atoms with E-state index in [2.05, 4.69) is 4.74 Å². The summed E-state index contributed by atoms with van der Waals surface area (Å²) < 4.78 is 31.2. The van der Waals surface area contributed by atoms with E-state index >= 15 is 0 Å². The van der Waals surface area contributed by atoms with Crippen molar-refractivity contribution in [1.29, 1.82) is 0 Å². The number of methoxy groups -OCH3 is 1. The molecule has 0 amide bonds. The number of carboxylic acid groups (broad SMARTS) is 1. The van der Waals surface area contributed by atoms with Crippen LogP contribution in [0.3, 0.4) is 0 Å². The molecule has 0 aromatic rings. The van der Waals surface area contributed by atoms with Crippen molar-refractivity contribution < 1.29 is 27.9 Å². The van der Waals surface area contributed by atoms with E-state index in [9.17, 15) is 18.0 Å². The number of carboxylic acids is 1. The maximum absolute atomic E-state index is 12.3. The Morgan fingerprint density at radius 2 is 2.00 bits per heavy atom. The number of carbonyl (C=O) groups excluding carboxylic acids is 1. The highest BCUT2D eigenvalue weighted by atomic mass is 32.2. The molecule has 1 heterocycles. The van der Waals surface area contributed by atoms with Gasteiger partial charge in [-0.2, -0.15) is 17.0 Å². The molecular weight excluding hydrogens is 288 g/mol. The molecule has 1 N–H and O–H groups in total. The average Bonchev–Trinajstić information content (AvgIpc) is 2.78. The van der Waals surface area contributed by atoms with Crippen molar-refractivity contribution in [3.63, 3.8) is 0 Å². The summed E-state index contributed by atoms with van der Waals surface area (Å²) in [6.45, 7) is 1.84. The number of nitrogens with zero attached hydrogens (tertiary/aromatic N) is 2. The Labute approximate surface area is 118 Å².